The molecular formula is C24H30ClN5O2. The molecule has 32 heavy (non-hydrogen) atoms. The van der Waals surface area contributed by atoms with E-state index in [2.05, 4.69) is 21.8 Å². The normalized spacial score (nSPS) is 15.2. The summed E-state index contributed by atoms with van der Waals surface area (Å²) < 4.78 is 5.81. The van der Waals surface area contributed by atoms with E-state index in [1.165, 1.54) is 0 Å². The lowest BCUT2D eigenvalue weighted by Crippen LogP contribution is -2.44. The molecule has 2 N–H and O–H groups in total. The quantitative estimate of drug-likeness (QED) is 0.575. The topological polar surface area (TPSA) is 78.8 Å². The first kappa shape index (κ1) is 23.8. The van der Waals surface area contributed by atoms with Gasteiger partial charge in [0.15, 0.2) is 0 Å². The first-order valence-electron chi connectivity index (χ1n) is 10.5. The fraction of sp³-hybridized carbons (Fsp3) is 0.333. The van der Waals surface area contributed by atoms with Crippen LogP contribution in [0.4, 0.5) is 5.82 Å². The summed E-state index contributed by atoms with van der Waals surface area (Å²) in [6.07, 6.45) is 5.05. The van der Waals surface area contributed by atoms with E-state index in [1.807, 2.05) is 36.4 Å². The van der Waals surface area contributed by atoms with Crippen molar-refractivity contribution in [3.05, 3.63) is 65.6 Å². The number of fused-ring (bicyclic) bond motifs is 1. The maximum atomic E-state index is 12.6. The largest absolute Gasteiger partial charge is 0.459 e. The summed E-state index contributed by atoms with van der Waals surface area (Å²) in [5.41, 5.74) is 8.79. The van der Waals surface area contributed by atoms with Gasteiger partial charge in [0.1, 0.15) is 17.2 Å². The van der Waals surface area contributed by atoms with Crippen molar-refractivity contribution >= 4 is 41.2 Å². The molecule has 4 rings (SSSR count). The molecule has 0 unspecified atom stereocenters. The minimum absolute atomic E-state index is 0. The van der Waals surface area contributed by atoms with E-state index in [0.29, 0.717) is 12.4 Å². The third-order valence-corrected chi connectivity index (χ3v) is 5.68. The monoisotopic (exact) mass is 455 g/mol. The van der Waals surface area contributed by atoms with E-state index in [-0.39, 0.29) is 18.3 Å². The number of pyridine rings is 1. The van der Waals surface area contributed by atoms with Gasteiger partial charge < -0.3 is 20.0 Å². The number of aromatic nitrogens is 1. The van der Waals surface area contributed by atoms with Gasteiger partial charge in [-0.2, -0.15) is 0 Å². The summed E-state index contributed by atoms with van der Waals surface area (Å²) in [4.78, 5) is 23.2. The van der Waals surface area contributed by atoms with Gasteiger partial charge in [0.2, 0.25) is 5.91 Å². The summed E-state index contributed by atoms with van der Waals surface area (Å²) >= 11 is 0. The number of rotatable bonds is 6. The van der Waals surface area contributed by atoms with Crippen LogP contribution < -0.4 is 5.73 Å². The number of hydrogen-bond donors (Lipinski definition) is 1. The van der Waals surface area contributed by atoms with Crippen LogP contribution in [-0.2, 0) is 17.9 Å². The van der Waals surface area contributed by atoms with Crippen molar-refractivity contribution in [3.8, 4) is 0 Å². The number of likely N-dealkylation sites (N-methyl/N-ethyl adjacent to an activating group) is 2. The van der Waals surface area contributed by atoms with Gasteiger partial charge in [0.25, 0.3) is 0 Å². The van der Waals surface area contributed by atoms with Crippen LogP contribution in [0.25, 0.3) is 17.0 Å². The second-order valence-corrected chi connectivity index (χ2v) is 8.17. The molecule has 2 aromatic heterocycles. The highest BCUT2D eigenvalue weighted by atomic mass is 35.5. The zero-order chi connectivity index (χ0) is 21.8. The third kappa shape index (κ3) is 5.88. The van der Waals surface area contributed by atoms with Crippen LogP contribution in [0, 0.1) is 0 Å². The number of nitrogens with zero attached hydrogens (tertiary/aromatic N) is 4. The predicted octanol–water partition coefficient (Wildman–Crippen LogP) is 3.25. The van der Waals surface area contributed by atoms with Crippen molar-refractivity contribution in [2.45, 2.75) is 13.1 Å². The molecule has 0 bridgehead atoms. The van der Waals surface area contributed by atoms with Crippen molar-refractivity contribution in [1.82, 2.24) is 19.7 Å². The molecule has 0 atom stereocenters. The average molecular weight is 456 g/mol. The number of benzene rings is 1. The number of piperazine rings is 1. The second-order valence-electron chi connectivity index (χ2n) is 8.17. The molecule has 1 aliphatic rings. The Morgan fingerprint density at radius 2 is 1.97 bits per heavy atom. The standard InChI is InChI=1S/C24H29N5O2.ClH/c1-27-9-11-29(12-10-27)16-20-13-18(15-26-24(20)25)7-8-23(30)28(2)17-21-14-19-5-3-4-6-22(19)31-21;/h3-8,13-15H,9-12,16-17H2,1-2H3,(H2,25,26);1H. The third-order valence-electron chi connectivity index (χ3n) is 5.68. The molecular weight excluding hydrogens is 426 g/mol. The lowest BCUT2D eigenvalue weighted by atomic mass is 10.1. The van der Waals surface area contributed by atoms with Crippen LogP contribution in [0.1, 0.15) is 16.9 Å². The number of nitrogen functional groups attached to an aromatic ring is 1. The highest BCUT2D eigenvalue weighted by Gasteiger charge is 2.15. The minimum Gasteiger partial charge on any atom is -0.459 e. The fourth-order valence-electron chi connectivity index (χ4n) is 3.73. The van der Waals surface area contributed by atoms with Crippen LogP contribution in [0.2, 0.25) is 0 Å². The Morgan fingerprint density at radius 1 is 1.22 bits per heavy atom. The Bertz CT molecular complexity index is 1060. The number of halogens is 1. The Hall–Kier alpha value is -2.87. The van der Waals surface area contributed by atoms with Crippen molar-refractivity contribution in [1.29, 1.82) is 0 Å². The summed E-state index contributed by atoms with van der Waals surface area (Å²) in [7, 11) is 3.90. The molecule has 0 radical (unpaired) electrons. The molecule has 0 spiro atoms. The first-order valence-corrected chi connectivity index (χ1v) is 10.5. The summed E-state index contributed by atoms with van der Waals surface area (Å²) in [5.74, 6) is 1.20. The fourth-order valence-corrected chi connectivity index (χ4v) is 3.73. The smallest absolute Gasteiger partial charge is 0.246 e. The van der Waals surface area contributed by atoms with E-state index < -0.39 is 0 Å². The van der Waals surface area contributed by atoms with E-state index in [4.69, 9.17) is 10.2 Å². The molecule has 1 aromatic carbocycles. The predicted molar refractivity (Wildman–Crippen MR) is 130 cm³/mol. The first-order chi connectivity index (χ1) is 15.0. The SMILES string of the molecule is CN1CCN(Cc2cc(C=CC(=O)N(C)Cc3cc4ccccc4o3)cnc2N)CC1.Cl. The number of nitrogens with two attached hydrogens (primary N) is 1. The molecule has 0 saturated carbocycles. The summed E-state index contributed by atoms with van der Waals surface area (Å²) in [6, 6.07) is 11.8. The lowest BCUT2D eigenvalue weighted by molar-refractivity contribution is -0.125. The van der Waals surface area contributed by atoms with Gasteiger partial charge in [-0.25, -0.2) is 4.98 Å². The van der Waals surface area contributed by atoms with Crippen molar-refractivity contribution in [2.24, 2.45) is 0 Å². The Balaban J connectivity index is 0.00000289. The molecule has 170 valence electrons. The molecule has 1 aliphatic heterocycles. The van der Waals surface area contributed by atoms with Gasteiger partial charge in [-0.1, -0.05) is 18.2 Å². The van der Waals surface area contributed by atoms with E-state index >= 15 is 0 Å². The van der Waals surface area contributed by atoms with Gasteiger partial charge >= 0.3 is 0 Å². The van der Waals surface area contributed by atoms with Crippen LogP contribution >= 0.6 is 12.4 Å². The highest BCUT2D eigenvalue weighted by Crippen LogP contribution is 2.20. The number of anilines is 1. The maximum Gasteiger partial charge on any atom is 0.246 e. The van der Waals surface area contributed by atoms with Gasteiger partial charge in [-0.15, -0.1) is 12.4 Å². The Kier molecular flexibility index (Phi) is 7.90. The van der Waals surface area contributed by atoms with Crippen LogP contribution in [-0.4, -0.2) is 65.9 Å². The van der Waals surface area contributed by atoms with Crippen LogP contribution in [0.5, 0.6) is 0 Å². The Labute approximate surface area is 194 Å². The molecule has 1 saturated heterocycles. The molecule has 1 amide bonds. The van der Waals surface area contributed by atoms with Gasteiger partial charge in [0.05, 0.1) is 6.54 Å². The zero-order valence-electron chi connectivity index (χ0n) is 18.5. The van der Waals surface area contributed by atoms with Crippen LogP contribution in [0.3, 0.4) is 0 Å². The van der Waals surface area contributed by atoms with Crippen molar-refractivity contribution in [3.63, 3.8) is 0 Å². The number of amides is 1. The van der Waals surface area contributed by atoms with Crippen LogP contribution in [0.15, 0.2) is 53.1 Å². The van der Waals surface area contributed by atoms with E-state index in [1.54, 1.807) is 30.3 Å². The lowest BCUT2D eigenvalue weighted by Gasteiger charge is -2.32. The molecule has 8 heteroatoms. The molecule has 3 heterocycles. The maximum absolute atomic E-state index is 12.6. The van der Waals surface area contributed by atoms with Gasteiger partial charge in [-0.05, 0) is 36.9 Å². The number of para-hydroxylation sites is 1. The molecule has 7 nitrogen and oxygen atoms in total. The number of carbonyl (C=O) groups excluding carboxylic acids is 1. The van der Waals surface area contributed by atoms with Crippen molar-refractivity contribution in [2.75, 3.05) is 46.0 Å². The summed E-state index contributed by atoms with van der Waals surface area (Å²) in [5, 5.41) is 1.04. The Morgan fingerprint density at radius 3 is 2.72 bits per heavy atom. The molecule has 3 aromatic rings. The van der Waals surface area contributed by atoms with Gasteiger partial charge in [0, 0.05) is 63.0 Å². The number of carbonyl (C=O) groups is 1. The van der Waals surface area contributed by atoms with Gasteiger partial charge in [-0.3, -0.25) is 9.69 Å². The van der Waals surface area contributed by atoms with E-state index in [0.717, 1.165) is 60.6 Å². The zero-order valence-corrected chi connectivity index (χ0v) is 19.3. The second kappa shape index (κ2) is 10.6. The average Bonchev–Trinajstić information content (AvgIpc) is 3.17. The molecule has 1 fully saturated rings. The van der Waals surface area contributed by atoms with Crippen molar-refractivity contribution < 1.29 is 9.21 Å². The highest BCUT2D eigenvalue weighted by molar-refractivity contribution is 5.91. The number of hydrogen-bond acceptors (Lipinski definition) is 6. The molecule has 0 aliphatic carbocycles. The number of furan rings is 1. The minimum atomic E-state index is -0.0992. The summed E-state index contributed by atoms with van der Waals surface area (Å²) in [6.45, 7) is 5.32. The van der Waals surface area contributed by atoms with E-state index in [9.17, 15) is 4.79 Å².